The maximum atomic E-state index is 3.41. The van der Waals surface area contributed by atoms with Gasteiger partial charge in [-0.05, 0) is 50.0 Å². The van der Waals surface area contributed by atoms with E-state index in [1.165, 1.54) is 37.1 Å². The molecule has 1 fully saturated rings. The van der Waals surface area contributed by atoms with Gasteiger partial charge < -0.3 is 10.6 Å². The SMILES string of the molecule is CNCc1cccc(C2CCNCC2)c1.Cl.Cl. The number of benzene rings is 1. The van der Waals surface area contributed by atoms with Gasteiger partial charge in [-0.25, -0.2) is 0 Å². The van der Waals surface area contributed by atoms with E-state index in [0.717, 1.165) is 12.5 Å². The van der Waals surface area contributed by atoms with Crippen molar-refractivity contribution in [1.82, 2.24) is 10.6 Å². The number of nitrogens with one attached hydrogen (secondary N) is 2. The lowest BCUT2D eigenvalue weighted by Crippen LogP contribution is -2.26. The zero-order chi connectivity index (χ0) is 10.5. The molecule has 0 amide bonds. The third-order valence-electron chi connectivity index (χ3n) is 3.14. The number of hydrogen-bond acceptors (Lipinski definition) is 2. The van der Waals surface area contributed by atoms with Gasteiger partial charge in [0.25, 0.3) is 0 Å². The van der Waals surface area contributed by atoms with Gasteiger partial charge in [0.1, 0.15) is 0 Å². The molecule has 0 aliphatic carbocycles. The first-order chi connectivity index (χ1) is 7.40. The summed E-state index contributed by atoms with van der Waals surface area (Å²) in [6, 6.07) is 9.01. The Bertz CT molecular complexity index is 312. The highest BCUT2D eigenvalue weighted by Crippen LogP contribution is 2.25. The molecule has 17 heavy (non-hydrogen) atoms. The van der Waals surface area contributed by atoms with Gasteiger partial charge in [0.2, 0.25) is 0 Å². The summed E-state index contributed by atoms with van der Waals surface area (Å²) in [4.78, 5) is 0. The van der Waals surface area contributed by atoms with Crippen molar-refractivity contribution in [2.75, 3.05) is 20.1 Å². The fraction of sp³-hybridized carbons (Fsp3) is 0.538. The van der Waals surface area contributed by atoms with Gasteiger partial charge in [-0.2, -0.15) is 0 Å². The monoisotopic (exact) mass is 276 g/mol. The van der Waals surface area contributed by atoms with Crippen LogP contribution in [0.2, 0.25) is 0 Å². The molecule has 0 unspecified atom stereocenters. The van der Waals surface area contributed by atoms with E-state index < -0.39 is 0 Å². The molecule has 0 saturated carbocycles. The first-order valence-corrected chi connectivity index (χ1v) is 5.84. The summed E-state index contributed by atoms with van der Waals surface area (Å²) >= 11 is 0. The molecule has 1 heterocycles. The molecular weight excluding hydrogens is 255 g/mol. The van der Waals surface area contributed by atoms with Crippen molar-refractivity contribution in [3.8, 4) is 0 Å². The first kappa shape index (κ1) is 16.7. The average Bonchev–Trinajstić information content (AvgIpc) is 2.31. The Hall–Kier alpha value is -0.280. The smallest absolute Gasteiger partial charge is 0.0202 e. The molecule has 1 aromatic carbocycles. The van der Waals surface area contributed by atoms with Gasteiger partial charge in [0.15, 0.2) is 0 Å². The molecule has 2 nitrogen and oxygen atoms in total. The largest absolute Gasteiger partial charge is 0.317 e. The van der Waals surface area contributed by atoms with Gasteiger partial charge in [-0.1, -0.05) is 24.3 Å². The first-order valence-electron chi connectivity index (χ1n) is 5.84. The van der Waals surface area contributed by atoms with Crippen LogP contribution < -0.4 is 10.6 Å². The minimum atomic E-state index is 0. The number of piperidine rings is 1. The lowest BCUT2D eigenvalue weighted by Gasteiger charge is -2.23. The normalized spacial score (nSPS) is 15.8. The van der Waals surface area contributed by atoms with E-state index in [1.807, 2.05) is 7.05 Å². The summed E-state index contributed by atoms with van der Waals surface area (Å²) in [5.74, 6) is 0.767. The molecule has 98 valence electrons. The fourth-order valence-electron chi connectivity index (χ4n) is 2.32. The Morgan fingerprint density at radius 2 is 1.94 bits per heavy atom. The summed E-state index contributed by atoms with van der Waals surface area (Å²) in [7, 11) is 2.00. The lowest BCUT2D eigenvalue weighted by molar-refractivity contribution is 0.460. The van der Waals surface area contributed by atoms with Crippen molar-refractivity contribution >= 4 is 24.8 Å². The molecule has 1 aliphatic rings. The van der Waals surface area contributed by atoms with E-state index >= 15 is 0 Å². The maximum absolute atomic E-state index is 3.41. The maximum Gasteiger partial charge on any atom is 0.0202 e. The Kier molecular flexibility index (Phi) is 8.61. The van der Waals surface area contributed by atoms with Crippen molar-refractivity contribution in [3.63, 3.8) is 0 Å². The molecule has 4 heteroatoms. The van der Waals surface area contributed by atoms with Crippen LogP contribution in [-0.4, -0.2) is 20.1 Å². The molecule has 2 N–H and O–H groups in total. The molecule has 0 spiro atoms. The van der Waals surface area contributed by atoms with Crippen LogP contribution in [0.4, 0.5) is 0 Å². The van der Waals surface area contributed by atoms with Gasteiger partial charge in [0.05, 0.1) is 0 Å². The summed E-state index contributed by atoms with van der Waals surface area (Å²) in [5.41, 5.74) is 2.91. The number of hydrogen-bond donors (Lipinski definition) is 2. The third kappa shape index (κ3) is 4.84. The Morgan fingerprint density at radius 3 is 2.59 bits per heavy atom. The van der Waals surface area contributed by atoms with E-state index in [-0.39, 0.29) is 24.8 Å². The zero-order valence-corrected chi connectivity index (χ0v) is 11.9. The summed E-state index contributed by atoms with van der Waals surface area (Å²) in [6.45, 7) is 3.31. The molecular formula is C13H22Cl2N2. The molecule has 0 radical (unpaired) electrons. The fourth-order valence-corrected chi connectivity index (χ4v) is 2.32. The standard InChI is InChI=1S/C13H20N2.2ClH/c1-14-10-11-3-2-4-13(9-11)12-5-7-15-8-6-12;;/h2-4,9,12,14-15H,5-8,10H2,1H3;2*1H. The molecule has 0 atom stereocenters. The molecule has 1 saturated heterocycles. The summed E-state index contributed by atoms with van der Waals surface area (Å²) in [6.07, 6.45) is 2.56. The van der Waals surface area contributed by atoms with Gasteiger partial charge in [0, 0.05) is 6.54 Å². The van der Waals surface area contributed by atoms with Crippen LogP contribution in [0.3, 0.4) is 0 Å². The Labute approximate surface area is 116 Å². The van der Waals surface area contributed by atoms with Crippen LogP contribution in [-0.2, 0) is 6.54 Å². The van der Waals surface area contributed by atoms with Crippen LogP contribution >= 0.6 is 24.8 Å². The second kappa shape index (κ2) is 8.76. The molecule has 0 aromatic heterocycles. The summed E-state index contributed by atoms with van der Waals surface area (Å²) in [5, 5.41) is 6.61. The minimum Gasteiger partial charge on any atom is -0.317 e. The Balaban J connectivity index is 0.00000128. The van der Waals surface area contributed by atoms with Gasteiger partial charge >= 0.3 is 0 Å². The van der Waals surface area contributed by atoms with Crippen LogP contribution in [0.1, 0.15) is 29.9 Å². The zero-order valence-electron chi connectivity index (χ0n) is 10.2. The highest BCUT2D eigenvalue weighted by molar-refractivity contribution is 5.85. The van der Waals surface area contributed by atoms with E-state index in [0.29, 0.717) is 0 Å². The van der Waals surface area contributed by atoms with Crippen LogP contribution in [0.5, 0.6) is 0 Å². The van der Waals surface area contributed by atoms with Crippen molar-refractivity contribution < 1.29 is 0 Å². The van der Waals surface area contributed by atoms with Crippen molar-refractivity contribution in [2.24, 2.45) is 0 Å². The topological polar surface area (TPSA) is 24.1 Å². The minimum absolute atomic E-state index is 0. The molecule has 1 aliphatic heterocycles. The second-order valence-electron chi connectivity index (χ2n) is 4.30. The average molecular weight is 277 g/mol. The van der Waals surface area contributed by atoms with Crippen molar-refractivity contribution in [2.45, 2.75) is 25.3 Å². The predicted octanol–water partition coefficient (Wildman–Crippen LogP) is 2.72. The van der Waals surface area contributed by atoms with E-state index in [1.54, 1.807) is 0 Å². The highest BCUT2D eigenvalue weighted by atomic mass is 35.5. The van der Waals surface area contributed by atoms with E-state index in [9.17, 15) is 0 Å². The molecule has 1 aromatic rings. The lowest BCUT2D eigenvalue weighted by atomic mass is 9.89. The van der Waals surface area contributed by atoms with Crippen LogP contribution in [0.25, 0.3) is 0 Å². The number of rotatable bonds is 3. The second-order valence-corrected chi connectivity index (χ2v) is 4.30. The third-order valence-corrected chi connectivity index (χ3v) is 3.14. The highest BCUT2D eigenvalue weighted by Gasteiger charge is 2.14. The van der Waals surface area contributed by atoms with Crippen molar-refractivity contribution in [1.29, 1.82) is 0 Å². The predicted molar refractivity (Wildman–Crippen MR) is 78.5 cm³/mol. The van der Waals surface area contributed by atoms with Crippen molar-refractivity contribution in [3.05, 3.63) is 35.4 Å². The van der Waals surface area contributed by atoms with E-state index in [2.05, 4.69) is 34.9 Å². The van der Waals surface area contributed by atoms with E-state index in [4.69, 9.17) is 0 Å². The quantitative estimate of drug-likeness (QED) is 0.887. The number of halogens is 2. The summed E-state index contributed by atoms with van der Waals surface area (Å²) < 4.78 is 0. The van der Waals surface area contributed by atoms with Crippen LogP contribution in [0.15, 0.2) is 24.3 Å². The molecule has 2 rings (SSSR count). The van der Waals surface area contributed by atoms with Gasteiger partial charge in [-0.3, -0.25) is 0 Å². The van der Waals surface area contributed by atoms with Gasteiger partial charge in [-0.15, -0.1) is 24.8 Å². The molecule has 0 bridgehead atoms. The Morgan fingerprint density at radius 1 is 1.24 bits per heavy atom. The van der Waals surface area contributed by atoms with Crippen LogP contribution in [0, 0.1) is 0 Å².